The molecular weight excluding hydrogens is 494 g/mol. The number of hydrazone groups is 2. The van der Waals surface area contributed by atoms with Crippen molar-refractivity contribution in [1.29, 1.82) is 0 Å². The van der Waals surface area contributed by atoms with Crippen LogP contribution in [0.25, 0.3) is 0 Å². The average molecular weight is 540 g/mol. The smallest absolute Gasteiger partial charge is 0.158 e. The first kappa shape index (κ1) is 27.0. The lowest BCUT2D eigenvalue weighted by atomic mass is 9.49. The van der Waals surface area contributed by atoms with Gasteiger partial charge in [0.2, 0.25) is 0 Å². The molecule has 39 heavy (non-hydrogen) atoms. The summed E-state index contributed by atoms with van der Waals surface area (Å²) in [4.78, 5) is 13.3. The van der Waals surface area contributed by atoms with Crippen LogP contribution in [0, 0.1) is 46.3 Å². The number of aromatic nitrogens is 4. The molecule has 0 aromatic carbocycles. The predicted octanol–water partition coefficient (Wildman–Crippen LogP) is 3.62. The molecule has 4 fully saturated rings. The lowest BCUT2D eigenvalue weighted by Crippen LogP contribution is -2.52. The highest BCUT2D eigenvalue weighted by atomic mass is 16.5. The average Bonchev–Trinajstić information content (AvgIpc) is 3.49. The maximum absolute atomic E-state index is 13.3. The van der Waals surface area contributed by atoms with Crippen molar-refractivity contribution in [2.24, 2.45) is 56.5 Å². The van der Waals surface area contributed by atoms with E-state index in [0.29, 0.717) is 36.8 Å². The van der Waals surface area contributed by atoms with Crippen molar-refractivity contribution in [1.82, 2.24) is 25.7 Å². The Bertz CT molecular complexity index is 1080. The Morgan fingerprint density at radius 1 is 1.08 bits per heavy atom. The molecule has 10 nitrogen and oxygen atoms in total. The Morgan fingerprint density at radius 3 is 2.79 bits per heavy atom. The number of nitrogens with one attached hydrogen (secondary N) is 1. The van der Waals surface area contributed by atoms with Crippen molar-refractivity contribution in [3.63, 3.8) is 0 Å². The van der Waals surface area contributed by atoms with E-state index in [2.05, 4.69) is 45.1 Å². The molecule has 1 aromatic heterocycles. The van der Waals surface area contributed by atoms with Crippen LogP contribution >= 0.6 is 0 Å². The van der Waals surface area contributed by atoms with Gasteiger partial charge in [0.05, 0.1) is 12.2 Å². The van der Waals surface area contributed by atoms with Gasteiger partial charge in [0.15, 0.2) is 5.78 Å². The van der Waals surface area contributed by atoms with E-state index in [9.17, 15) is 9.90 Å². The molecule has 4 saturated carbocycles. The number of tetrazole rings is 1. The Kier molecular flexibility index (Phi) is 7.37. The molecule has 0 amide bonds. The second-order valence-electron chi connectivity index (χ2n) is 13.9. The molecule has 0 saturated heterocycles. The molecule has 9 atom stereocenters. The quantitative estimate of drug-likeness (QED) is 0.483. The van der Waals surface area contributed by atoms with Gasteiger partial charge in [-0.15, -0.1) is 5.10 Å². The van der Waals surface area contributed by atoms with E-state index in [4.69, 9.17) is 4.74 Å². The van der Waals surface area contributed by atoms with Gasteiger partial charge in [0, 0.05) is 30.4 Å². The summed E-state index contributed by atoms with van der Waals surface area (Å²) >= 11 is 0. The number of rotatable bonds is 8. The number of hydrogen-bond acceptors (Lipinski definition) is 9. The summed E-state index contributed by atoms with van der Waals surface area (Å²) in [5, 5.41) is 31.0. The fourth-order valence-electron chi connectivity index (χ4n) is 9.44. The van der Waals surface area contributed by atoms with Gasteiger partial charge in [-0.2, -0.15) is 15.7 Å². The molecule has 0 radical (unpaired) electrons. The number of carbonyl (C=O) groups excluding carboxylic acids is 1. The SMILES string of the molecule is CC1(CCOC[C@@]2(O)CC[C@H]3[C@H](CC[C@@H]4[C@@H]3CC[C@]3(C)[C@@H](C(=O)Cn5cnnn5)CC[C@@H]43)C2)C=NNN=CC1. The van der Waals surface area contributed by atoms with Gasteiger partial charge in [0.25, 0.3) is 0 Å². The third kappa shape index (κ3) is 5.31. The monoisotopic (exact) mass is 539 g/mol. The Balaban J connectivity index is 1.03. The van der Waals surface area contributed by atoms with Gasteiger partial charge < -0.3 is 9.84 Å². The predicted molar refractivity (Wildman–Crippen MR) is 147 cm³/mol. The largest absolute Gasteiger partial charge is 0.387 e. The molecule has 2 heterocycles. The Morgan fingerprint density at radius 2 is 1.95 bits per heavy atom. The van der Waals surface area contributed by atoms with Crippen molar-refractivity contribution < 1.29 is 14.6 Å². The van der Waals surface area contributed by atoms with Gasteiger partial charge in [-0.1, -0.05) is 13.8 Å². The van der Waals surface area contributed by atoms with Gasteiger partial charge >= 0.3 is 0 Å². The molecule has 0 bridgehead atoms. The topological polar surface area (TPSA) is 127 Å². The van der Waals surface area contributed by atoms with E-state index in [1.165, 1.54) is 25.7 Å². The summed E-state index contributed by atoms with van der Waals surface area (Å²) in [5.41, 5.74) is 1.98. The number of hydrogen-bond donors (Lipinski definition) is 2. The van der Waals surface area contributed by atoms with Crippen LogP contribution in [0.15, 0.2) is 16.5 Å². The van der Waals surface area contributed by atoms with E-state index >= 15 is 0 Å². The molecule has 10 heteroatoms. The number of aliphatic hydroxyl groups is 1. The first-order valence-corrected chi connectivity index (χ1v) is 15.1. The number of Topliss-reactive ketones (excluding diaryl/α,β-unsaturated/α-hetero) is 1. The molecule has 5 aliphatic rings. The maximum atomic E-state index is 13.3. The number of ketones is 1. The van der Waals surface area contributed by atoms with Crippen molar-refractivity contribution >= 4 is 18.2 Å². The first-order chi connectivity index (χ1) is 18.8. The third-order valence-corrected chi connectivity index (χ3v) is 11.5. The zero-order chi connectivity index (χ0) is 27.1. The highest BCUT2D eigenvalue weighted by Crippen LogP contribution is 2.64. The molecule has 1 aromatic rings. The van der Waals surface area contributed by atoms with Crippen LogP contribution in [0.2, 0.25) is 0 Å². The molecule has 6 rings (SSSR count). The van der Waals surface area contributed by atoms with E-state index in [-0.39, 0.29) is 23.3 Å². The van der Waals surface area contributed by atoms with E-state index in [0.717, 1.165) is 56.8 Å². The molecule has 0 spiro atoms. The Labute approximate surface area is 231 Å². The van der Waals surface area contributed by atoms with Crippen LogP contribution in [0.1, 0.15) is 84.5 Å². The summed E-state index contributed by atoms with van der Waals surface area (Å²) in [7, 11) is 0. The van der Waals surface area contributed by atoms with Crippen LogP contribution in [0.5, 0.6) is 0 Å². The summed E-state index contributed by atoms with van der Waals surface area (Å²) < 4.78 is 7.66. The highest BCUT2D eigenvalue weighted by Gasteiger charge is 2.59. The second kappa shape index (κ2) is 10.7. The van der Waals surface area contributed by atoms with Gasteiger partial charge in [-0.05, 0) is 116 Å². The minimum absolute atomic E-state index is 0.0709. The molecule has 1 aliphatic heterocycles. The molecule has 1 unspecified atom stereocenters. The van der Waals surface area contributed by atoms with Crippen LogP contribution < -0.4 is 5.53 Å². The lowest BCUT2D eigenvalue weighted by Gasteiger charge is -2.57. The number of fused-ring (bicyclic) bond motifs is 5. The van der Waals surface area contributed by atoms with Crippen molar-refractivity contribution in [2.75, 3.05) is 13.2 Å². The maximum Gasteiger partial charge on any atom is 0.158 e. The molecule has 214 valence electrons. The highest BCUT2D eigenvalue weighted by molar-refractivity contribution is 5.82. The van der Waals surface area contributed by atoms with Crippen molar-refractivity contribution in [3.05, 3.63) is 6.33 Å². The summed E-state index contributed by atoms with van der Waals surface area (Å²) in [6, 6.07) is 0. The minimum atomic E-state index is -0.709. The standard InChI is InChI=1S/C29H45N7O3/c1-27(11-13-30-33-31-17-27)12-14-39-18-29(38)10-8-21-20(15-29)3-4-23-22(21)7-9-28(2)24(23)5-6-25(28)26(37)16-36-19-32-34-35-36/h13,17,19-25,33,38H,3-12,14-16,18H2,1-2H3/t20-,21+,22-,23-,24+,25-,27?,28+,29-/m1/s1. The molecule has 2 N–H and O–H groups in total. The van der Waals surface area contributed by atoms with Gasteiger partial charge in [0.1, 0.15) is 12.9 Å². The minimum Gasteiger partial charge on any atom is -0.387 e. The fourth-order valence-corrected chi connectivity index (χ4v) is 9.44. The third-order valence-electron chi connectivity index (χ3n) is 11.5. The van der Waals surface area contributed by atoms with Crippen molar-refractivity contribution in [3.8, 4) is 0 Å². The molecular formula is C29H45N7O3. The zero-order valence-electron chi connectivity index (χ0n) is 23.5. The van der Waals surface area contributed by atoms with Crippen LogP contribution in [-0.4, -0.2) is 62.3 Å². The zero-order valence-corrected chi connectivity index (χ0v) is 23.5. The fraction of sp³-hybridized carbons (Fsp3) is 0.862. The normalized spacial score (nSPS) is 43.2. The van der Waals surface area contributed by atoms with Gasteiger partial charge in [-0.3, -0.25) is 4.79 Å². The van der Waals surface area contributed by atoms with Crippen molar-refractivity contribution in [2.45, 2.75) is 96.6 Å². The summed E-state index contributed by atoms with van der Waals surface area (Å²) in [6.07, 6.45) is 16.8. The van der Waals surface area contributed by atoms with Gasteiger partial charge in [-0.25, -0.2) is 4.68 Å². The van der Waals surface area contributed by atoms with Crippen LogP contribution in [-0.2, 0) is 16.1 Å². The van der Waals surface area contributed by atoms with E-state index in [1.807, 2.05) is 12.4 Å². The lowest BCUT2D eigenvalue weighted by molar-refractivity contribution is -0.138. The van der Waals surface area contributed by atoms with Crippen LogP contribution in [0.4, 0.5) is 0 Å². The summed E-state index contributed by atoms with van der Waals surface area (Å²) in [5.74, 6) is 3.81. The molecule has 4 aliphatic carbocycles. The van der Waals surface area contributed by atoms with E-state index in [1.54, 1.807) is 11.0 Å². The number of nitrogens with zero attached hydrogens (tertiary/aromatic N) is 6. The van der Waals surface area contributed by atoms with Crippen LogP contribution in [0.3, 0.4) is 0 Å². The summed E-state index contributed by atoms with van der Waals surface area (Å²) in [6.45, 7) is 5.90. The second-order valence-corrected chi connectivity index (χ2v) is 13.9. The Hall–Kier alpha value is -2.20. The number of carbonyl (C=O) groups is 1. The van der Waals surface area contributed by atoms with E-state index < -0.39 is 5.60 Å². The first-order valence-electron chi connectivity index (χ1n) is 15.1. The number of ether oxygens (including phenoxy) is 1.